The standard InChI is InChI=1S/C25H26FN5O3/c1-34-21-8-5-4-7-20(21)31-15-17(14-23(31)32)25(33)27-19-13-16(10-11-18(19)26)24-29-28-22-9-3-2-6-12-30(22)24/h4-5,7-8,10-11,13,17H,2-3,6,9,12,14-15H2,1H3,(H,27,33). The minimum Gasteiger partial charge on any atom is -0.495 e. The van der Waals surface area contributed by atoms with Gasteiger partial charge in [-0.2, -0.15) is 0 Å². The zero-order valence-electron chi connectivity index (χ0n) is 19.0. The molecule has 0 bridgehead atoms. The zero-order chi connectivity index (χ0) is 23.7. The highest BCUT2D eigenvalue weighted by Gasteiger charge is 2.36. The number of hydrogen-bond acceptors (Lipinski definition) is 5. The van der Waals surface area contributed by atoms with Crippen LogP contribution >= 0.6 is 0 Å². The molecule has 1 fully saturated rings. The van der Waals surface area contributed by atoms with Crippen LogP contribution in [0.25, 0.3) is 11.4 Å². The number of fused-ring (bicyclic) bond motifs is 1. The smallest absolute Gasteiger partial charge is 0.229 e. The van der Waals surface area contributed by atoms with Gasteiger partial charge in [0, 0.05) is 31.5 Å². The van der Waals surface area contributed by atoms with Gasteiger partial charge in [0.2, 0.25) is 11.8 Å². The third-order valence-corrected chi connectivity index (χ3v) is 6.46. The molecule has 1 unspecified atom stereocenters. The molecule has 1 atom stereocenters. The summed E-state index contributed by atoms with van der Waals surface area (Å²) in [5.74, 6) is 0.438. The van der Waals surface area contributed by atoms with Gasteiger partial charge in [0.15, 0.2) is 5.82 Å². The first-order valence-corrected chi connectivity index (χ1v) is 11.5. The molecule has 1 saturated heterocycles. The van der Waals surface area contributed by atoms with E-state index < -0.39 is 17.6 Å². The Morgan fingerprint density at radius 2 is 2.00 bits per heavy atom. The summed E-state index contributed by atoms with van der Waals surface area (Å²) >= 11 is 0. The molecular formula is C25H26FN5O3. The third-order valence-electron chi connectivity index (χ3n) is 6.46. The summed E-state index contributed by atoms with van der Waals surface area (Å²) in [5, 5.41) is 11.3. The maximum atomic E-state index is 14.6. The van der Waals surface area contributed by atoms with Crippen LogP contribution in [0.2, 0.25) is 0 Å². The van der Waals surface area contributed by atoms with E-state index in [1.807, 2.05) is 12.1 Å². The van der Waals surface area contributed by atoms with E-state index in [-0.39, 0.29) is 24.6 Å². The Kier molecular flexibility index (Phi) is 6.00. The predicted octanol–water partition coefficient (Wildman–Crippen LogP) is 3.81. The lowest BCUT2D eigenvalue weighted by Gasteiger charge is -2.19. The van der Waals surface area contributed by atoms with Crippen molar-refractivity contribution in [2.24, 2.45) is 5.92 Å². The minimum absolute atomic E-state index is 0.0445. The number of methoxy groups -OCH3 is 1. The molecule has 0 radical (unpaired) electrons. The highest BCUT2D eigenvalue weighted by molar-refractivity contribution is 6.04. The molecule has 0 spiro atoms. The lowest BCUT2D eigenvalue weighted by molar-refractivity contribution is -0.122. The van der Waals surface area contributed by atoms with E-state index in [1.54, 1.807) is 29.2 Å². The molecule has 5 rings (SSSR count). The van der Waals surface area contributed by atoms with E-state index in [0.717, 1.165) is 38.1 Å². The Hall–Kier alpha value is -3.75. The van der Waals surface area contributed by atoms with E-state index in [9.17, 15) is 14.0 Å². The quantitative estimate of drug-likeness (QED) is 0.622. The number of para-hydroxylation sites is 2. The van der Waals surface area contributed by atoms with Crippen LogP contribution in [-0.4, -0.2) is 40.2 Å². The number of nitrogens with zero attached hydrogens (tertiary/aromatic N) is 4. The first-order chi connectivity index (χ1) is 16.5. The van der Waals surface area contributed by atoms with Crippen molar-refractivity contribution in [2.75, 3.05) is 23.9 Å². The number of carbonyl (C=O) groups is 2. The minimum atomic E-state index is -0.607. The number of aryl methyl sites for hydroxylation is 1. The summed E-state index contributed by atoms with van der Waals surface area (Å²) in [7, 11) is 1.54. The number of hydrogen-bond donors (Lipinski definition) is 1. The maximum absolute atomic E-state index is 14.6. The first-order valence-electron chi connectivity index (χ1n) is 11.5. The molecular weight excluding hydrogens is 437 g/mol. The summed E-state index contributed by atoms with van der Waals surface area (Å²) in [6.07, 6.45) is 4.18. The lowest BCUT2D eigenvalue weighted by atomic mass is 10.1. The third kappa shape index (κ3) is 4.13. The molecule has 2 aliphatic rings. The molecule has 9 heteroatoms. The average molecular weight is 464 g/mol. The van der Waals surface area contributed by atoms with Crippen LogP contribution < -0.4 is 15.0 Å². The fourth-order valence-corrected chi connectivity index (χ4v) is 4.66. The lowest BCUT2D eigenvalue weighted by Crippen LogP contribution is -2.28. The van der Waals surface area contributed by atoms with Crippen molar-refractivity contribution in [1.29, 1.82) is 0 Å². The molecule has 0 aliphatic carbocycles. The number of benzene rings is 2. The van der Waals surface area contributed by atoms with Crippen molar-refractivity contribution >= 4 is 23.2 Å². The number of rotatable bonds is 5. The number of halogens is 1. The topological polar surface area (TPSA) is 89.3 Å². The second kappa shape index (κ2) is 9.24. The number of aromatic nitrogens is 3. The van der Waals surface area contributed by atoms with Crippen LogP contribution in [0.4, 0.5) is 15.8 Å². The van der Waals surface area contributed by atoms with Gasteiger partial charge in [-0.3, -0.25) is 9.59 Å². The Labute approximate surface area is 196 Å². The molecule has 3 heterocycles. The molecule has 1 N–H and O–H groups in total. The van der Waals surface area contributed by atoms with Crippen LogP contribution in [0.5, 0.6) is 5.75 Å². The average Bonchev–Trinajstić information content (AvgIpc) is 3.35. The van der Waals surface area contributed by atoms with Gasteiger partial charge in [-0.25, -0.2) is 4.39 Å². The summed E-state index contributed by atoms with van der Waals surface area (Å²) in [4.78, 5) is 27.2. The van der Waals surface area contributed by atoms with Gasteiger partial charge < -0.3 is 19.5 Å². The predicted molar refractivity (Wildman–Crippen MR) is 125 cm³/mol. The van der Waals surface area contributed by atoms with Gasteiger partial charge in [0.1, 0.15) is 17.4 Å². The molecule has 0 saturated carbocycles. The van der Waals surface area contributed by atoms with E-state index in [4.69, 9.17) is 4.74 Å². The fraction of sp³-hybridized carbons (Fsp3) is 0.360. The van der Waals surface area contributed by atoms with E-state index in [0.29, 0.717) is 22.8 Å². The monoisotopic (exact) mass is 463 g/mol. The van der Waals surface area contributed by atoms with Crippen molar-refractivity contribution in [1.82, 2.24) is 14.8 Å². The number of nitrogens with one attached hydrogen (secondary N) is 1. The van der Waals surface area contributed by atoms with Crippen LogP contribution in [-0.2, 0) is 22.6 Å². The summed E-state index contributed by atoms with van der Waals surface area (Å²) < 4.78 is 22.1. The van der Waals surface area contributed by atoms with Gasteiger partial charge in [0.05, 0.1) is 24.4 Å². The zero-order valence-corrected chi connectivity index (χ0v) is 19.0. The molecule has 34 heavy (non-hydrogen) atoms. The number of carbonyl (C=O) groups excluding carboxylic acids is 2. The van der Waals surface area contributed by atoms with Crippen molar-refractivity contribution < 1.29 is 18.7 Å². The normalized spacial score (nSPS) is 17.9. The Bertz CT molecular complexity index is 1240. The highest BCUT2D eigenvalue weighted by Crippen LogP contribution is 2.33. The van der Waals surface area contributed by atoms with Crippen molar-refractivity contribution in [3.8, 4) is 17.1 Å². The van der Waals surface area contributed by atoms with Gasteiger partial charge in [-0.05, 0) is 43.2 Å². The molecule has 176 valence electrons. The Balaban J connectivity index is 1.35. The molecule has 8 nitrogen and oxygen atoms in total. The second-order valence-electron chi connectivity index (χ2n) is 8.66. The van der Waals surface area contributed by atoms with E-state index in [1.165, 1.54) is 13.2 Å². The van der Waals surface area contributed by atoms with Crippen molar-refractivity contribution in [3.05, 3.63) is 54.1 Å². The molecule has 2 amide bonds. The van der Waals surface area contributed by atoms with Crippen LogP contribution in [0.3, 0.4) is 0 Å². The van der Waals surface area contributed by atoms with Crippen molar-refractivity contribution in [3.63, 3.8) is 0 Å². The maximum Gasteiger partial charge on any atom is 0.229 e. The van der Waals surface area contributed by atoms with Crippen LogP contribution in [0.15, 0.2) is 42.5 Å². The molecule has 2 aliphatic heterocycles. The van der Waals surface area contributed by atoms with Gasteiger partial charge in [0.25, 0.3) is 0 Å². The Morgan fingerprint density at radius 3 is 2.85 bits per heavy atom. The van der Waals surface area contributed by atoms with Crippen LogP contribution in [0, 0.1) is 11.7 Å². The largest absolute Gasteiger partial charge is 0.495 e. The van der Waals surface area contributed by atoms with Gasteiger partial charge in [-0.1, -0.05) is 18.6 Å². The number of ether oxygens (including phenoxy) is 1. The number of amides is 2. The highest BCUT2D eigenvalue weighted by atomic mass is 19.1. The first kappa shape index (κ1) is 22.1. The molecule has 2 aromatic carbocycles. The van der Waals surface area contributed by atoms with Crippen molar-refractivity contribution in [2.45, 2.75) is 38.6 Å². The summed E-state index contributed by atoms with van der Waals surface area (Å²) in [6, 6.07) is 11.7. The van der Waals surface area contributed by atoms with Gasteiger partial charge in [-0.15, -0.1) is 10.2 Å². The Morgan fingerprint density at radius 1 is 1.15 bits per heavy atom. The van der Waals surface area contributed by atoms with E-state index in [2.05, 4.69) is 20.1 Å². The van der Waals surface area contributed by atoms with E-state index >= 15 is 0 Å². The fourth-order valence-electron chi connectivity index (χ4n) is 4.66. The SMILES string of the molecule is COc1ccccc1N1CC(C(=O)Nc2cc(-c3nnc4n3CCCCC4)ccc2F)CC1=O. The molecule has 1 aromatic heterocycles. The van der Waals surface area contributed by atoms with Crippen LogP contribution in [0.1, 0.15) is 31.5 Å². The second-order valence-corrected chi connectivity index (χ2v) is 8.66. The summed E-state index contributed by atoms with van der Waals surface area (Å²) in [5.41, 5.74) is 1.37. The van der Waals surface area contributed by atoms with Gasteiger partial charge >= 0.3 is 0 Å². The summed E-state index contributed by atoms with van der Waals surface area (Å²) in [6.45, 7) is 1.02. The molecule has 3 aromatic rings. The number of anilines is 2.